The standard InChI is InChI=1S/C17H18P/c1-18(14-5-3-2-4-6-14)15-10-16-12-7-8-13(9-12)17(16)11-15/h2-6,10-13H,7-9H2,1H3. The quantitative estimate of drug-likeness (QED) is 0.700. The van der Waals surface area contributed by atoms with E-state index >= 15 is 0 Å². The Bertz CT molecular complexity index is 408. The maximum atomic E-state index is 2.53. The van der Waals surface area contributed by atoms with Gasteiger partial charge in [-0.25, -0.2) is 0 Å². The summed E-state index contributed by atoms with van der Waals surface area (Å²) < 4.78 is 0. The van der Waals surface area contributed by atoms with Gasteiger partial charge in [-0.2, -0.15) is 0 Å². The molecule has 1 heteroatoms. The van der Waals surface area contributed by atoms with Crippen molar-refractivity contribution in [1.82, 2.24) is 0 Å². The lowest BCUT2D eigenvalue weighted by Gasteiger charge is -2.22. The normalized spacial score (nSPS) is 34.1. The Kier molecular flexibility index (Phi) is 2.77. The Morgan fingerprint density at radius 2 is 1.56 bits per heavy atom. The van der Waals surface area contributed by atoms with E-state index in [-0.39, 0.29) is 7.92 Å². The highest BCUT2D eigenvalue weighted by Gasteiger charge is 2.53. The van der Waals surface area contributed by atoms with E-state index in [0.29, 0.717) is 0 Å². The summed E-state index contributed by atoms with van der Waals surface area (Å²) >= 11 is 0. The molecule has 0 nitrogen and oxygen atoms in total. The number of benzene rings is 1. The van der Waals surface area contributed by atoms with Gasteiger partial charge in [0.05, 0.1) is 0 Å². The molecule has 0 aromatic heterocycles. The summed E-state index contributed by atoms with van der Waals surface area (Å²) in [5.74, 6) is 5.20. The second kappa shape index (κ2) is 4.34. The van der Waals surface area contributed by atoms with Crippen LogP contribution in [0.15, 0.2) is 30.3 Å². The van der Waals surface area contributed by atoms with Crippen molar-refractivity contribution in [3.05, 3.63) is 60.7 Å². The molecule has 0 heterocycles. The van der Waals surface area contributed by atoms with Gasteiger partial charge in [0, 0.05) is 5.66 Å². The molecule has 2 bridgehead atoms. The molecule has 91 valence electrons. The van der Waals surface area contributed by atoms with Gasteiger partial charge in [-0.15, -0.1) is 0 Å². The van der Waals surface area contributed by atoms with Crippen molar-refractivity contribution in [3.8, 4) is 0 Å². The lowest BCUT2D eigenvalue weighted by Crippen LogP contribution is -2.12. The number of rotatable bonds is 2. The van der Waals surface area contributed by atoms with Gasteiger partial charge in [0.25, 0.3) is 0 Å². The van der Waals surface area contributed by atoms with E-state index in [9.17, 15) is 0 Å². The highest BCUT2D eigenvalue weighted by atomic mass is 31.1. The maximum Gasteiger partial charge on any atom is 0.0122 e. The fourth-order valence-electron chi connectivity index (χ4n) is 3.77. The topological polar surface area (TPSA) is 0 Å². The van der Waals surface area contributed by atoms with Gasteiger partial charge in [-0.05, 0) is 67.7 Å². The van der Waals surface area contributed by atoms with Crippen molar-refractivity contribution in [1.29, 1.82) is 0 Å². The van der Waals surface area contributed by atoms with E-state index in [4.69, 9.17) is 0 Å². The minimum Gasteiger partial charge on any atom is -0.0706 e. The summed E-state index contributed by atoms with van der Waals surface area (Å²) in [6.07, 6.45) is 9.37. The van der Waals surface area contributed by atoms with Gasteiger partial charge < -0.3 is 0 Å². The maximum absolute atomic E-state index is 2.53. The zero-order valence-electron chi connectivity index (χ0n) is 10.8. The molecular formula is C17H18P. The molecule has 0 aliphatic heterocycles. The molecule has 3 saturated carbocycles. The van der Waals surface area contributed by atoms with Gasteiger partial charge in [-0.1, -0.05) is 38.3 Å². The monoisotopic (exact) mass is 253 g/mol. The van der Waals surface area contributed by atoms with Crippen LogP contribution in [0.2, 0.25) is 0 Å². The van der Waals surface area contributed by atoms with Crippen LogP contribution < -0.4 is 5.30 Å². The zero-order chi connectivity index (χ0) is 12.1. The van der Waals surface area contributed by atoms with E-state index in [1.165, 1.54) is 24.6 Å². The molecule has 3 unspecified atom stereocenters. The Labute approximate surface area is 112 Å². The minimum atomic E-state index is -0.148. The molecule has 0 spiro atoms. The lowest BCUT2D eigenvalue weighted by atomic mass is 9.82. The average molecular weight is 253 g/mol. The van der Waals surface area contributed by atoms with E-state index in [0.717, 1.165) is 11.8 Å². The summed E-state index contributed by atoms with van der Waals surface area (Å²) in [4.78, 5) is 0. The Morgan fingerprint density at radius 3 is 2.17 bits per heavy atom. The molecule has 18 heavy (non-hydrogen) atoms. The van der Waals surface area contributed by atoms with Crippen LogP contribution in [-0.4, -0.2) is 6.66 Å². The van der Waals surface area contributed by atoms with Crippen LogP contribution in [-0.2, 0) is 0 Å². The van der Waals surface area contributed by atoms with E-state index in [1.54, 1.807) is 17.5 Å². The van der Waals surface area contributed by atoms with Crippen LogP contribution in [0.5, 0.6) is 0 Å². The fraction of sp³-hybridized carbons (Fsp3) is 0.353. The molecule has 1 aromatic rings. The van der Waals surface area contributed by atoms with Gasteiger partial charge in [-0.3, -0.25) is 0 Å². The smallest absolute Gasteiger partial charge is 0.0122 e. The van der Waals surface area contributed by atoms with Crippen molar-refractivity contribution >= 4 is 13.2 Å². The molecule has 3 fully saturated rings. The number of fused-ring (bicyclic) bond motifs is 5. The Hall–Kier alpha value is -0.350. The third-order valence-electron chi connectivity index (χ3n) is 4.78. The molecule has 0 amide bonds. The van der Waals surface area contributed by atoms with Crippen LogP contribution in [0.25, 0.3) is 0 Å². The first-order valence-corrected chi connectivity index (χ1v) is 8.71. The first kappa shape index (κ1) is 11.5. The fourth-order valence-corrected chi connectivity index (χ4v) is 5.36. The molecule has 0 saturated heterocycles. The molecule has 0 N–H and O–H groups in total. The van der Waals surface area contributed by atoms with Crippen molar-refractivity contribution in [2.75, 3.05) is 6.66 Å². The first-order chi connectivity index (χ1) is 8.83. The van der Waals surface area contributed by atoms with Crippen LogP contribution in [0.1, 0.15) is 19.3 Å². The SMILES string of the molecule is CP([C]1[CH][C]2[C]([CH]1)C1CCC2C1)c1ccccc1. The first-order valence-electron chi connectivity index (χ1n) is 6.92. The van der Waals surface area contributed by atoms with Gasteiger partial charge in [0.2, 0.25) is 0 Å². The second-order valence-corrected chi connectivity index (χ2v) is 7.88. The second-order valence-electron chi connectivity index (χ2n) is 5.73. The summed E-state index contributed by atoms with van der Waals surface area (Å²) in [6.45, 7) is 2.40. The predicted molar refractivity (Wildman–Crippen MR) is 78.1 cm³/mol. The van der Waals surface area contributed by atoms with Crippen molar-refractivity contribution in [3.63, 3.8) is 0 Å². The molecule has 1 aromatic carbocycles. The van der Waals surface area contributed by atoms with Gasteiger partial charge in [0.1, 0.15) is 0 Å². The number of hydrogen-bond donors (Lipinski definition) is 0. The van der Waals surface area contributed by atoms with E-state index in [1.807, 2.05) is 0 Å². The van der Waals surface area contributed by atoms with E-state index in [2.05, 4.69) is 49.8 Å². The molecular weight excluding hydrogens is 235 g/mol. The van der Waals surface area contributed by atoms with Crippen LogP contribution >= 0.6 is 7.92 Å². The van der Waals surface area contributed by atoms with Crippen LogP contribution in [0, 0.1) is 42.2 Å². The summed E-state index contributed by atoms with van der Waals surface area (Å²) in [5, 5.41) is 1.50. The van der Waals surface area contributed by atoms with Gasteiger partial charge in [0.15, 0.2) is 0 Å². The van der Waals surface area contributed by atoms with Gasteiger partial charge >= 0.3 is 0 Å². The minimum absolute atomic E-state index is 0.148. The highest BCUT2D eigenvalue weighted by molar-refractivity contribution is 7.68. The predicted octanol–water partition coefficient (Wildman–Crippen LogP) is 3.96. The average Bonchev–Trinajstić information content (AvgIpc) is 3.10. The Morgan fingerprint density at radius 1 is 0.944 bits per heavy atom. The zero-order valence-corrected chi connectivity index (χ0v) is 11.7. The third-order valence-corrected chi connectivity index (χ3v) is 6.89. The molecule has 3 aliphatic rings. The highest BCUT2D eigenvalue weighted by Crippen LogP contribution is 2.67. The molecule has 4 rings (SSSR count). The summed E-state index contributed by atoms with van der Waals surface area (Å²) in [7, 11) is -0.148. The lowest BCUT2D eigenvalue weighted by molar-refractivity contribution is 0.579. The number of hydrogen-bond acceptors (Lipinski definition) is 0. The van der Waals surface area contributed by atoms with Crippen molar-refractivity contribution in [2.24, 2.45) is 11.8 Å². The molecule has 3 atom stereocenters. The molecule has 5 radical (unpaired) electrons. The summed E-state index contributed by atoms with van der Waals surface area (Å²) in [6, 6.07) is 11.0. The van der Waals surface area contributed by atoms with Crippen molar-refractivity contribution in [2.45, 2.75) is 19.3 Å². The van der Waals surface area contributed by atoms with Crippen LogP contribution in [0.4, 0.5) is 0 Å². The molecule has 3 aliphatic carbocycles. The largest absolute Gasteiger partial charge is 0.0706 e. The van der Waals surface area contributed by atoms with Crippen LogP contribution in [0.3, 0.4) is 0 Å². The third kappa shape index (κ3) is 1.68. The summed E-state index contributed by atoms with van der Waals surface area (Å²) in [5.41, 5.74) is 1.60. The Balaban J connectivity index is 1.52. The van der Waals surface area contributed by atoms with E-state index < -0.39 is 0 Å². The van der Waals surface area contributed by atoms with Crippen molar-refractivity contribution < 1.29 is 0 Å².